The van der Waals surface area contributed by atoms with Crippen LogP contribution in [-0.4, -0.2) is 41.8 Å². The first-order valence-electron chi connectivity index (χ1n) is 10.7. The van der Waals surface area contributed by atoms with E-state index in [-0.39, 0.29) is 0 Å². The molecule has 1 rings (SSSR count). The smallest absolute Gasteiger partial charge is 0.321 e. The molecule has 0 spiro atoms. The molecule has 1 aromatic rings. The Morgan fingerprint density at radius 2 is 1.42 bits per heavy atom. The van der Waals surface area contributed by atoms with Gasteiger partial charge in [0.25, 0.3) is 0 Å². The Morgan fingerprint density at radius 1 is 0.846 bits per heavy atom. The molecule has 1 aromatic carbocycles. The second-order valence-electron chi connectivity index (χ2n) is 7.03. The van der Waals surface area contributed by atoms with Gasteiger partial charge in [-0.1, -0.05) is 57.5 Å². The van der Waals surface area contributed by atoms with E-state index in [2.05, 4.69) is 69.5 Å². The molecular weight excluding hydrogens is 354 g/mol. The summed E-state index contributed by atoms with van der Waals surface area (Å²) in [6.45, 7) is 15.3. The molecule has 5 heteroatoms. The molecule has 0 aliphatic carbocycles. The average Bonchev–Trinajstić information content (AvgIpc) is 2.67. The normalized spacial score (nSPS) is 12.3. The standard InChI is InChI=1S/C21H41NO2Si2/c1-6-23-25(24-7-2)19-15-14-18-22(26(8-3,9-4)10-5)20-21-16-12-11-13-17-21/h11-13,16-17,25H,6-10,14-15,18-20H2,1-5H3. The van der Waals surface area contributed by atoms with Crippen molar-refractivity contribution in [1.82, 2.24) is 4.57 Å². The topological polar surface area (TPSA) is 21.7 Å². The van der Waals surface area contributed by atoms with Crippen molar-refractivity contribution in [1.29, 1.82) is 0 Å². The highest BCUT2D eigenvalue weighted by Crippen LogP contribution is 2.27. The predicted octanol–water partition coefficient (Wildman–Crippen LogP) is 5.57. The molecule has 0 saturated heterocycles. The van der Waals surface area contributed by atoms with Gasteiger partial charge in [0.15, 0.2) is 0 Å². The Kier molecular flexibility index (Phi) is 12.4. The van der Waals surface area contributed by atoms with E-state index >= 15 is 0 Å². The molecule has 0 radical (unpaired) electrons. The molecule has 0 heterocycles. The molecule has 0 aromatic heterocycles. The van der Waals surface area contributed by atoms with Gasteiger partial charge in [0.2, 0.25) is 0 Å². The summed E-state index contributed by atoms with van der Waals surface area (Å²) in [5.41, 5.74) is 1.45. The Labute approximate surface area is 165 Å². The van der Waals surface area contributed by atoms with Crippen LogP contribution in [0.15, 0.2) is 30.3 Å². The maximum atomic E-state index is 5.83. The largest absolute Gasteiger partial charge is 0.397 e. The number of hydrogen-bond acceptors (Lipinski definition) is 3. The fourth-order valence-electron chi connectivity index (χ4n) is 3.91. The van der Waals surface area contributed by atoms with Crippen LogP contribution in [0.2, 0.25) is 24.2 Å². The van der Waals surface area contributed by atoms with Crippen LogP contribution in [0, 0.1) is 0 Å². The van der Waals surface area contributed by atoms with Gasteiger partial charge in [-0.2, -0.15) is 0 Å². The number of nitrogens with zero attached hydrogens (tertiary/aromatic N) is 1. The lowest BCUT2D eigenvalue weighted by molar-refractivity contribution is 0.212. The molecule has 0 amide bonds. The van der Waals surface area contributed by atoms with Gasteiger partial charge in [-0.25, -0.2) is 0 Å². The summed E-state index contributed by atoms with van der Waals surface area (Å²) in [5.74, 6) is 0. The minimum Gasteiger partial charge on any atom is -0.397 e. The van der Waals surface area contributed by atoms with Crippen molar-refractivity contribution < 1.29 is 8.85 Å². The average molecular weight is 396 g/mol. The quantitative estimate of drug-likeness (QED) is 0.286. The maximum absolute atomic E-state index is 5.83. The molecule has 0 unspecified atom stereocenters. The van der Waals surface area contributed by atoms with Crippen molar-refractivity contribution in [3.05, 3.63) is 35.9 Å². The van der Waals surface area contributed by atoms with E-state index in [1.54, 1.807) is 0 Å². The minimum atomic E-state index is -1.44. The zero-order valence-corrected chi connectivity index (χ0v) is 20.0. The SMILES string of the molecule is CCO[SiH](CCCCN(Cc1ccccc1)[Si](CC)(CC)CC)OCC. The van der Waals surface area contributed by atoms with Gasteiger partial charge in [0.05, 0.1) is 0 Å². The van der Waals surface area contributed by atoms with Crippen LogP contribution < -0.4 is 0 Å². The van der Waals surface area contributed by atoms with E-state index in [1.165, 1.54) is 43.1 Å². The summed E-state index contributed by atoms with van der Waals surface area (Å²) in [6, 6.07) is 16.2. The third-order valence-electron chi connectivity index (χ3n) is 5.68. The molecule has 26 heavy (non-hydrogen) atoms. The van der Waals surface area contributed by atoms with E-state index < -0.39 is 17.5 Å². The van der Waals surface area contributed by atoms with E-state index in [9.17, 15) is 0 Å². The highest BCUT2D eigenvalue weighted by Gasteiger charge is 2.34. The molecule has 0 atom stereocenters. The van der Waals surface area contributed by atoms with Crippen LogP contribution >= 0.6 is 0 Å². The monoisotopic (exact) mass is 395 g/mol. The Bertz CT molecular complexity index is 440. The van der Waals surface area contributed by atoms with Crippen LogP contribution in [0.3, 0.4) is 0 Å². The van der Waals surface area contributed by atoms with Gasteiger partial charge in [-0.05, 0) is 56.6 Å². The van der Waals surface area contributed by atoms with Crippen LogP contribution in [0.1, 0.15) is 53.0 Å². The molecule has 0 saturated carbocycles. The van der Waals surface area contributed by atoms with Crippen molar-refractivity contribution in [2.45, 2.75) is 78.2 Å². The van der Waals surface area contributed by atoms with E-state index in [0.29, 0.717) is 0 Å². The van der Waals surface area contributed by atoms with Crippen molar-refractivity contribution in [3.8, 4) is 0 Å². The third kappa shape index (κ3) is 7.65. The number of benzene rings is 1. The second kappa shape index (κ2) is 13.7. The summed E-state index contributed by atoms with van der Waals surface area (Å²) >= 11 is 0. The van der Waals surface area contributed by atoms with Gasteiger partial charge in [-0.3, -0.25) is 0 Å². The fourth-order valence-corrected chi connectivity index (χ4v) is 9.70. The van der Waals surface area contributed by atoms with Crippen LogP contribution in [-0.2, 0) is 15.4 Å². The molecule has 150 valence electrons. The summed E-state index contributed by atoms with van der Waals surface area (Å²) in [6.07, 6.45) is 2.48. The van der Waals surface area contributed by atoms with Crippen LogP contribution in [0.4, 0.5) is 0 Å². The third-order valence-corrected chi connectivity index (χ3v) is 13.6. The van der Waals surface area contributed by atoms with Gasteiger partial charge in [0.1, 0.15) is 8.24 Å². The molecule has 0 aliphatic heterocycles. The Balaban J connectivity index is 2.67. The lowest BCUT2D eigenvalue weighted by Gasteiger charge is -2.41. The molecule has 0 aliphatic rings. The first-order chi connectivity index (χ1) is 12.7. The van der Waals surface area contributed by atoms with Gasteiger partial charge < -0.3 is 13.4 Å². The summed E-state index contributed by atoms with van der Waals surface area (Å²) in [4.78, 5) is 0. The van der Waals surface area contributed by atoms with Gasteiger partial charge in [0, 0.05) is 19.8 Å². The van der Waals surface area contributed by atoms with Crippen molar-refractivity contribution in [3.63, 3.8) is 0 Å². The fraction of sp³-hybridized carbons (Fsp3) is 0.714. The van der Waals surface area contributed by atoms with Gasteiger partial charge in [-0.15, -0.1) is 0 Å². The Morgan fingerprint density at radius 3 is 1.92 bits per heavy atom. The molecule has 0 bridgehead atoms. The minimum absolute atomic E-state index is 0.786. The first-order valence-corrected chi connectivity index (χ1v) is 15.0. The van der Waals surface area contributed by atoms with Crippen LogP contribution in [0.5, 0.6) is 0 Å². The lowest BCUT2D eigenvalue weighted by atomic mass is 10.2. The zero-order valence-electron chi connectivity index (χ0n) is 17.8. The molecule has 0 fully saturated rings. The summed E-state index contributed by atoms with van der Waals surface area (Å²) in [5, 5.41) is 0. The van der Waals surface area contributed by atoms with Crippen molar-refractivity contribution >= 4 is 17.5 Å². The summed E-state index contributed by atoms with van der Waals surface area (Å²) in [7, 11) is -2.79. The second-order valence-corrected chi connectivity index (χ2v) is 14.3. The number of unbranched alkanes of at least 4 members (excludes halogenated alkanes) is 1. The number of rotatable bonds is 15. The first kappa shape index (κ1) is 23.6. The van der Waals surface area contributed by atoms with E-state index in [0.717, 1.165) is 25.8 Å². The maximum Gasteiger partial charge on any atom is 0.321 e. The van der Waals surface area contributed by atoms with E-state index in [4.69, 9.17) is 8.85 Å². The molecule has 3 nitrogen and oxygen atoms in total. The molecule has 0 N–H and O–H groups in total. The van der Waals surface area contributed by atoms with Crippen molar-refractivity contribution in [2.24, 2.45) is 0 Å². The predicted molar refractivity (Wildman–Crippen MR) is 118 cm³/mol. The highest BCUT2D eigenvalue weighted by molar-refractivity contribution is 6.77. The number of hydrogen-bond donors (Lipinski definition) is 0. The molecular formula is C21H41NO2Si2. The lowest BCUT2D eigenvalue weighted by Crippen LogP contribution is -2.52. The summed E-state index contributed by atoms with van der Waals surface area (Å²) < 4.78 is 14.5. The Hall–Kier alpha value is -0.466. The zero-order chi connectivity index (χ0) is 19.3. The van der Waals surface area contributed by atoms with Crippen LogP contribution in [0.25, 0.3) is 0 Å². The van der Waals surface area contributed by atoms with Crippen molar-refractivity contribution in [2.75, 3.05) is 19.8 Å². The van der Waals surface area contributed by atoms with Gasteiger partial charge >= 0.3 is 9.28 Å². The highest BCUT2D eigenvalue weighted by atomic mass is 28.3. The van der Waals surface area contributed by atoms with E-state index in [1.807, 2.05) is 0 Å².